The van der Waals surface area contributed by atoms with Gasteiger partial charge in [0.1, 0.15) is 0 Å². The number of para-hydroxylation sites is 2. The van der Waals surface area contributed by atoms with Crippen LogP contribution < -0.4 is 5.62 Å². The molecule has 29 heavy (non-hydrogen) atoms. The molecule has 148 valence electrons. The zero-order chi connectivity index (χ0) is 20.2. The fraction of sp³-hybridized carbons (Fsp3) is 0.240. The molecule has 0 spiro atoms. The van der Waals surface area contributed by atoms with E-state index in [1.807, 2.05) is 18.2 Å². The van der Waals surface area contributed by atoms with Crippen LogP contribution in [0.15, 0.2) is 78.9 Å². The molecule has 0 saturated carbocycles. The molecule has 4 aromatic rings. The van der Waals surface area contributed by atoms with E-state index in [1.165, 1.54) is 16.7 Å². The van der Waals surface area contributed by atoms with E-state index in [9.17, 15) is 0 Å². The van der Waals surface area contributed by atoms with E-state index in [0.717, 1.165) is 17.5 Å². The van der Waals surface area contributed by atoms with Crippen molar-refractivity contribution in [2.75, 3.05) is 13.7 Å². The highest BCUT2D eigenvalue weighted by Gasteiger charge is 2.19. The lowest BCUT2D eigenvalue weighted by atomic mass is 10.1. The van der Waals surface area contributed by atoms with Crippen LogP contribution in [0.25, 0.3) is 11.0 Å². The van der Waals surface area contributed by atoms with Crippen LogP contribution >= 0.6 is 0 Å². The second-order valence-electron chi connectivity index (χ2n) is 7.55. The van der Waals surface area contributed by atoms with E-state index in [4.69, 9.17) is 10.1 Å². The number of benzene rings is 3. The van der Waals surface area contributed by atoms with Crippen LogP contribution in [0, 0.1) is 12.3 Å². The number of aromatic nitrogens is 2. The molecule has 0 aliphatic carbocycles. The molecule has 1 N–H and O–H groups in total. The molecule has 3 aromatic carbocycles. The minimum Gasteiger partial charge on any atom is -0.383 e. The van der Waals surface area contributed by atoms with Gasteiger partial charge in [0, 0.05) is 7.11 Å². The number of fused-ring (bicyclic) bond motifs is 1. The van der Waals surface area contributed by atoms with Crippen LogP contribution in [0.3, 0.4) is 0 Å². The highest BCUT2D eigenvalue weighted by atomic mass is 16.5. The summed E-state index contributed by atoms with van der Waals surface area (Å²) in [5.74, 6) is 0. The predicted molar refractivity (Wildman–Crippen MR) is 117 cm³/mol. The van der Waals surface area contributed by atoms with Gasteiger partial charge >= 0.3 is 0 Å². The van der Waals surface area contributed by atoms with Crippen molar-refractivity contribution >= 4 is 11.0 Å². The Morgan fingerprint density at radius 1 is 0.828 bits per heavy atom. The SMILES string of the molecule is COCC(Cc1ccccc1)n1c(=N)n(Cc2ccc(C)cc2)c2ccccc21. The van der Waals surface area contributed by atoms with E-state index < -0.39 is 0 Å². The minimum absolute atomic E-state index is 0.0547. The summed E-state index contributed by atoms with van der Waals surface area (Å²) in [6, 6.07) is 27.3. The number of ether oxygens (including phenoxy) is 1. The molecule has 4 heteroatoms. The van der Waals surface area contributed by atoms with Crippen LogP contribution in [0.4, 0.5) is 0 Å². The number of methoxy groups -OCH3 is 1. The van der Waals surface area contributed by atoms with Gasteiger partial charge in [-0.1, -0.05) is 72.3 Å². The lowest BCUT2D eigenvalue weighted by Gasteiger charge is -2.19. The third-order valence-electron chi connectivity index (χ3n) is 5.42. The van der Waals surface area contributed by atoms with Gasteiger partial charge in [0.05, 0.1) is 30.2 Å². The summed E-state index contributed by atoms with van der Waals surface area (Å²) in [5, 5.41) is 9.01. The first kappa shape index (κ1) is 19.2. The number of nitrogens with one attached hydrogen (secondary N) is 1. The predicted octanol–water partition coefficient (Wildman–Crippen LogP) is 4.71. The molecule has 1 heterocycles. The Labute approximate surface area is 171 Å². The molecule has 0 radical (unpaired) electrons. The Hall–Kier alpha value is -3.11. The lowest BCUT2D eigenvalue weighted by molar-refractivity contribution is 0.154. The van der Waals surface area contributed by atoms with Crippen LogP contribution in [0.1, 0.15) is 22.7 Å². The summed E-state index contributed by atoms with van der Waals surface area (Å²) in [5.41, 5.74) is 6.34. The Balaban J connectivity index is 1.80. The maximum Gasteiger partial charge on any atom is 0.203 e. The molecule has 1 atom stereocenters. The van der Waals surface area contributed by atoms with E-state index >= 15 is 0 Å². The molecule has 1 unspecified atom stereocenters. The van der Waals surface area contributed by atoms with Gasteiger partial charge in [-0.15, -0.1) is 0 Å². The molecule has 4 nitrogen and oxygen atoms in total. The first-order valence-corrected chi connectivity index (χ1v) is 10.00. The molecule has 0 aliphatic heterocycles. The second-order valence-corrected chi connectivity index (χ2v) is 7.55. The van der Waals surface area contributed by atoms with Gasteiger partial charge in [0.15, 0.2) is 0 Å². The number of aryl methyl sites for hydroxylation is 1. The number of nitrogens with zero attached hydrogens (tertiary/aromatic N) is 2. The van der Waals surface area contributed by atoms with E-state index in [-0.39, 0.29) is 6.04 Å². The van der Waals surface area contributed by atoms with Crippen molar-refractivity contribution in [1.29, 1.82) is 5.41 Å². The zero-order valence-electron chi connectivity index (χ0n) is 17.0. The third-order valence-corrected chi connectivity index (χ3v) is 5.42. The third kappa shape index (κ3) is 4.03. The number of hydrogen-bond donors (Lipinski definition) is 1. The van der Waals surface area contributed by atoms with Gasteiger partial charge in [-0.2, -0.15) is 0 Å². The van der Waals surface area contributed by atoms with Crippen molar-refractivity contribution in [3.63, 3.8) is 0 Å². The molecule has 1 aromatic heterocycles. The quantitative estimate of drug-likeness (QED) is 0.492. The number of rotatable bonds is 7. The smallest absolute Gasteiger partial charge is 0.203 e. The maximum absolute atomic E-state index is 9.01. The summed E-state index contributed by atoms with van der Waals surface area (Å²) in [6.07, 6.45) is 0.823. The highest BCUT2D eigenvalue weighted by molar-refractivity contribution is 5.76. The van der Waals surface area contributed by atoms with Crippen molar-refractivity contribution in [3.8, 4) is 0 Å². The summed E-state index contributed by atoms with van der Waals surface area (Å²) in [7, 11) is 1.73. The normalized spacial score (nSPS) is 12.3. The number of imidazole rings is 1. The van der Waals surface area contributed by atoms with Gasteiger partial charge in [0.25, 0.3) is 0 Å². The largest absolute Gasteiger partial charge is 0.383 e. The molecule has 0 saturated heterocycles. The maximum atomic E-state index is 9.01. The fourth-order valence-corrected chi connectivity index (χ4v) is 3.96. The van der Waals surface area contributed by atoms with Crippen molar-refractivity contribution in [3.05, 3.63) is 101 Å². The lowest BCUT2D eigenvalue weighted by Crippen LogP contribution is -2.31. The number of hydrogen-bond acceptors (Lipinski definition) is 2. The van der Waals surface area contributed by atoms with E-state index in [1.54, 1.807) is 7.11 Å². The van der Waals surface area contributed by atoms with Gasteiger partial charge in [-0.25, -0.2) is 0 Å². The van der Waals surface area contributed by atoms with Crippen LogP contribution in [0.2, 0.25) is 0 Å². The summed E-state index contributed by atoms with van der Waals surface area (Å²) in [6.45, 7) is 3.33. The molecular formula is C25H27N3O. The molecule has 0 aliphatic rings. The standard InChI is InChI=1S/C25H27N3O/c1-19-12-14-21(15-13-19)17-27-23-10-6-7-11-24(23)28(25(27)26)22(18-29-2)16-20-8-4-3-5-9-20/h3-15,22,26H,16-18H2,1-2H3. The highest BCUT2D eigenvalue weighted by Crippen LogP contribution is 2.21. The second kappa shape index (κ2) is 8.50. The van der Waals surface area contributed by atoms with Crippen LogP contribution in [-0.4, -0.2) is 22.9 Å². The van der Waals surface area contributed by atoms with Crippen molar-refractivity contribution in [2.24, 2.45) is 0 Å². The minimum atomic E-state index is 0.0547. The average molecular weight is 386 g/mol. The Bertz CT molecular complexity index is 1140. The van der Waals surface area contributed by atoms with Crippen molar-refractivity contribution < 1.29 is 4.74 Å². The average Bonchev–Trinajstić information content (AvgIpc) is 3.02. The van der Waals surface area contributed by atoms with Crippen molar-refractivity contribution in [2.45, 2.75) is 25.9 Å². The van der Waals surface area contributed by atoms with E-state index in [2.05, 4.69) is 76.7 Å². The first-order valence-electron chi connectivity index (χ1n) is 10.00. The molecule has 0 amide bonds. The Morgan fingerprint density at radius 2 is 1.48 bits per heavy atom. The van der Waals surface area contributed by atoms with E-state index in [0.29, 0.717) is 18.8 Å². The van der Waals surface area contributed by atoms with Crippen molar-refractivity contribution in [1.82, 2.24) is 9.13 Å². The monoisotopic (exact) mass is 385 g/mol. The Kier molecular flexibility index (Phi) is 5.63. The topological polar surface area (TPSA) is 42.9 Å². The fourth-order valence-electron chi connectivity index (χ4n) is 3.96. The Morgan fingerprint density at radius 3 is 2.17 bits per heavy atom. The summed E-state index contributed by atoms with van der Waals surface area (Å²) in [4.78, 5) is 0. The zero-order valence-corrected chi connectivity index (χ0v) is 17.0. The van der Waals surface area contributed by atoms with Crippen LogP contribution in [0.5, 0.6) is 0 Å². The molecular weight excluding hydrogens is 358 g/mol. The van der Waals surface area contributed by atoms with Gasteiger partial charge in [0.2, 0.25) is 5.62 Å². The van der Waals surface area contributed by atoms with Gasteiger partial charge in [-0.05, 0) is 36.6 Å². The molecule has 4 rings (SSSR count). The van der Waals surface area contributed by atoms with Crippen LogP contribution in [-0.2, 0) is 17.7 Å². The van der Waals surface area contributed by atoms with Gasteiger partial charge < -0.3 is 13.9 Å². The van der Waals surface area contributed by atoms with Gasteiger partial charge in [-0.3, -0.25) is 5.41 Å². The molecule has 0 fully saturated rings. The summed E-state index contributed by atoms with van der Waals surface area (Å²) < 4.78 is 9.78. The summed E-state index contributed by atoms with van der Waals surface area (Å²) >= 11 is 0. The first-order chi connectivity index (χ1) is 14.2. The molecule has 0 bridgehead atoms.